The normalized spacial score (nSPS) is 30.9. The Labute approximate surface area is 113 Å². The van der Waals surface area contributed by atoms with Gasteiger partial charge in [0.1, 0.15) is 6.10 Å². The summed E-state index contributed by atoms with van der Waals surface area (Å²) < 4.78 is 5.31. The van der Waals surface area contributed by atoms with E-state index in [2.05, 4.69) is 19.2 Å². The first-order chi connectivity index (χ1) is 8.60. The lowest BCUT2D eigenvalue weighted by Gasteiger charge is -2.20. The van der Waals surface area contributed by atoms with Gasteiger partial charge in [-0.3, -0.25) is 0 Å². The molecular weight excluding hydrogens is 250 g/mol. The highest BCUT2D eigenvalue weighted by Gasteiger charge is 2.35. The number of nitrogens with one attached hydrogen (secondary N) is 1. The molecule has 0 spiro atoms. The van der Waals surface area contributed by atoms with Crippen molar-refractivity contribution in [2.75, 3.05) is 0 Å². The minimum Gasteiger partial charge on any atom is -0.440 e. The molecule has 0 aromatic carbocycles. The molecule has 3 atom stereocenters. The molecule has 3 nitrogen and oxygen atoms in total. The third-order valence-electron chi connectivity index (χ3n) is 3.47. The average molecular weight is 268 g/mol. The Bertz CT molecular complexity index is 426. The Balaban J connectivity index is 2.14. The molecule has 0 saturated carbocycles. The van der Waals surface area contributed by atoms with Gasteiger partial charge in [0.25, 0.3) is 0 Å². The van der Waals surface area contributed by atoms with Crippen LogP contribution in [0.1, 0.15) is 26.7 Å². The second kappa shape index (κ2) is 5.61. The van der Waals surface area contributed by atoms with Crippen molar-refractivity contribution in [1.82, 2.24) is 5.32 Å². The maximum Gasteiger partial charge on any atom is 0.408 e. The number of hydrogen-bond acceptors (Lipinski definition) is 2. The first-order valence-electron chi connectivity index (χ1n) is 6.31. The minimum absolute atomic E-state index is 0.0491. The number of carbonyl (C=O) groups excluding carboxylic acids is 1. The molecule has 2 rings (SSSR count). The van der Waals surface area contributed by atoms with E-state index < -0.39 is 0 Å². The number of cyclic esters (lactones) is 1. The summed E-state index contributed by atoms with van der Waals surface area (Å²) in [5.74, 6) is 0.386. The molecule has 1 aliphatic heterocycles. The lowest BCUT2D eigenvalue weighted by atomic mass is 9.93. The van der Waals surface area contributed by atoms with Crippen molar-refractivity contribution in [2.24, 2.45) is 5.92 Å². The van der Waals surface area contributed by atoms with E-state index in [-0.39, 0.29) is 18.2 Å². The highest BCUT2D eigenvalue weighted by Crippen LogP contribution is 2.24. The fraction of sp³-hybridized carbons (Fsp3) is 0.500. The van der Waals surface area contributed by atoms with E-state index in [0.29, 0.717) is 11.0 Å². The molecule has 0 aromatic heterocycles. The van der Waals surface area contributed by atoms with E-state index >= 15 is 0 Å². The second-order valence-electron chi connectivity index (χ2n) is 4.80. The highest BCUT2D eigenvalue weighted by atomic mass is 35.5. The SMILES string of the molecule is CCC(C)C1NC(=O)OC1C=C1C=C(Cl)C=CC1. The third kappa shape index (κ3) is 2.96. The number of hydrogen-bond donors (Lipinski definition) is 1. The van der Waals surface area contributed by atoms with Crippen LogP contribution in [0.25, 0.3) is 0 Å². The van der Waals surface area contributed by atoms with Gasteiger partial charge >= 0.3 is 6.09 Å². The standard InChI is InChI=1S/C14H18ClNO2/c1-3-9(2)13-12(18-14(17)16-13)8-10-5-4-6-11(15)7-10/h4,6-9,12-13H,3,5H2,1-2H3,(H,16,17). The van der Waals surface area contributed by atoms with Gasteiger partial charge in [-0.15, -0.1) is 0 Å². The van der Waals surface area contributed by atoms with Crippen LogP contribution < -0.4 is 5.32 Å². The van der Waals surface area contributed by atoms with Crippen LogP contribution in [-0.2, 0) is 4.74 Å². The van der Waals surface area contributed by atoms with E-state index in [1.807, 2.05) is 24.3 Å². The van der Waals surface area contributed by atoms with Gasteiger partial charge in [0, 0.05) is 5.03 Å². The maximum absolute atomic E-state index is 11.4. The molecule has 1 aliphatic carbocycles. The summed E-state index contributed by atoms with van der Waals surface area (Å²) in [6, 6.07) is 0.0491. The number of alkyl carbamates (subject to hydrolysis) is 1. The average Bonchev–Trinajstić information content (AvgIpc) is 2.69. The van der Waals surface area contributed by atoms with E-state index in [0.717, 1.165) is 18.4 Å². The van der Waals surface area contributed by atoms with Gasteiger partial charge in [0.2, 0.25) is 0 Å². The largest absolute Gasteiger partial charge is 0.440 e. The summed E-state index contributed by atoms with van der Waals surface area (Å²) >= 11 is 5.96. The zero-order valence-corrected chi connectivity index (χ0v) is 11.4. The smallest absolute Gasteiger partial charge is 0.408 e. The zero-order valence-electron chi connectivity index (χ0n) is 10.7. The second-order valence-corrected chi connectivity index (χ2v) is 5.24. The van der Waals surface area contributed by atoms with Gasteiger partial charge in [-0.05, 0) is 36.1 Å². The van der Waals surface area contributed by atoms with Crippen LogP contribution in [0.3, 0.4) is 0 Å². The van der Waals surface area contributed by atoms with Gasteiger partial charge < -0.3 is 10.1 Å². The fourth-order valence-electron chi connectivity index (χ4n) is 2.23. The summed E-state index contributed by atoms with van der Waals surface area (Å²) in [7, 11) is 0. The monoisotopic (exact) mass is 267 g/mol. The lowest BCUT2D eigenvalue weighted by molar-refractivity contribution is 0.148. The summed E-state index contributed by atoms with van der Waals surface area (Å²) in [6.07, 6.45) is 9.11. The first kappa shape index (κ1) is 13.2. The van der Waals surface area contributed by atoms with Crippen molar-refractivity contribution in [3.05, 3.63) is 34.9 Å². The van der Waals surface area contributed by atoms with Crippen LogP contribution in [-0.4, -0.2) is 18.2 Å². The predicted molar refractivity (Wildman–Crippen MR) is 72.4 cm³/mol. The Morgan fingerprint density at radius 3 is 3.11 bits per heavy atom. The first-order valence-corrected chi connectivity index (χ1v) is 6.69. The molecule has 1 N–H and O–H groups in total. The fourth-order valence-corrected chi connectivity index (χ4v) is 2.45. The zero-order chi connectivity index (χ0) is 13.1. The molecule has 1 fully saturated rings. The number of allylic oxidation sites excluding steroid dienone is 5. The van der Waals surface area contributed by atoms with Gasteiger partial charge in [0.15, 0.2) is 0 Å². The van der Waals surface area contributed by atoms with Crippen molar-refractivity contribution >= 4 is 17.7 Å². The quantitative estimate of drug-likeness (QED) is 0.850. The molecule has 0 radical (unpaired) electrons. The molecule has 18 heavy (non-hydrogen) atoms. The molecule has 1 heterocycles. The van der Waals surface area contributed by atoms with Crippen LogP contribution in [0.2, 0.25) is 0 Å². The van der Waals surface area contributed by atoms with E-state index in [1.165, 1.54) is 0 Å². The molecule has 4 heteroatoms. The third-order valence-corrected chi connectivity index (χ3v) is 3.71. The molecule has 3 unspecified atom stereocenters. The topological polar surface area (TPSA) is 38.3 Å². The molecule has 1 saturated heterocycles. The summed E-state index contributed by atoms with van der Waals surface area (Å²) in [6.45, 7) is 4.23. The predicted octanol–water partition coefficient (Wildman–Crippen LogP) is 3.52. The maximum atomic E-state index is 11.4. The molecule has 1 amide bonds. The van der Waals surface area contributed by atoms with E-state index in [1.54, 1.807) is 0 Å². The molecule has 0 bridgehead atoms. The number of carbonyl (C=O) groups is 1. The number of amides is 1. The minimum atomic E-state index is -0.330. The van der Waals surface area contributed by atoms with E-state index in [4.69, 9.17) is 16.3 Å². The highest BCUT2D eigenvalue weighted by molar-refractivity contribution is 6.31. The number of rotatable bonds is 3. The summed E-state index contributed by atoms with van der Waals surface area (Å²) in [5, 5.41) is 3.59. The number of halogens is 1. The molecule has 2 aliphatic rings. The summed E-state index contributed by atoms with van der Waals surface area (Å²) in [5.41, 5.74) is 1.09. The van der Waals surface area contributed by atoms with Crippen LogP contribution in [0.4, 0.5) is 4.79 Å². The van der Waals surface area contributed by atoms with Crippen LogP contribution in [0.5, 0.6) is 0 Å². The Hall–Kier alpha value is -1.22. The van der Waals surface area contributed by atoms with Crippen molar-refractivity contribution in [1.29, 1.82) is 0 Å². The van der Waals surface area contributed by atoms with Crippen LogP contribution in [0, 0.1) is 5.92 Å². The van der Waals surface area contributed by atoms with Crippen LogP contribution >= 0.6 is 11.6 Å². The van der Waals surface area contributed by atoms with Crippen molar-refractivity contribution < 1.29 is 9.53 Å². The molecule has 0 aromatic rings. The summed E-state index contributed by atoms with van der Waals surface area (Å²) in [4.78, 5) is 11.4. The van der Waals surface area contributed by atoms with Crippen LogP contribution in [0.15, 0.2) is 34.9 Å². The Morgan fingerprint density at radius 2 is 2.44 bits per heavy atom. The van der Waals surface area contributed by atoms with Gasteiger partial charge in [0.05, 0.1) is 6.04 Å². The van der Waals surface area contributed by atoms with Crippen molar-refractivity contribution in [3.63, 3.8) is 0 Å². The van der Waals surface area contributed by atoms with Crippen molar-refractivity contribution in [2.45, 2.75) is 38.8 Å². The van der Waals surface area contributed by atoms with Gasteiger partial charge in [-0.1, -0.05) is 37.9 Å². The number of ether oxygens (including phenoxy) is 1. The van der Waals surface area contributed by atoms with E-state index in [9.17, 15) is 4.79 Å². The lowest BCUT2D eigenvalue weighted by Crippen LogP contribution is -2.36. The van der Waals surface area contributed by atoms with Gasteiger partial charge in [-0.25, -0.2) is 4.79 Å². The van der Waals surface area contributed by atoms with Crippen molar-refractivity contribution in [3.8, 4) is 0 Å². The molecular formula is C14H18ClNO2. The van der Waals surface area contributed by atoms with Gasteiger partial charge in [-0.2, -0.15) is 0 Å². The Kier molecular flexibility index (Phi) is 4.12. The Morgan fingerprint density at radius 1 is 1.67 bits per heavy atom. The molecule has 98 valence electrons.